The van der Waals surface area contributed by atoms with Crippen molar-refractivity contribution in [1.82, 2.24) is 9.38 Å². The van der Waals surface area contributed by atoms with Gasteiger partial charge in [0.05, 0.1) is 16.0 Å². The van der Waals surface area contributed by atoms with Gasteiger partial charge in [-0.05, 0) is 25.1 Å². The minimum absolute atomic E-state index is 0.0246. The largest absolute Gasteiger partial charge is 0.330 e. The standard InChI is InChI=1S/C14H11N3O3/c1-9-6-11-7-10(8-16(11)14(18)15-9)12-4-2-3-5-13(12)17(19)20/h2-8H,1H3,(H,15,18). The van der Waals surface area contributed by atoms with Gasteiger partial charge in [0.25, 0.3) is 5.69 Å². The third-order valence-electron chi connectivity index (χ3n) is 3.15. The number of aryl methyl sites for hydroxylation is 1. The SMILES string of the molecule is Cc1cc2cc(-c3ccccc3[N+](=O)[O-])cn2c(=O)[nH]1. The molecule has 20 heavy (non-hydrogen) atoms. The molecule has 6 nitrogen and oxygen atoms in total. The summed E-state index contributed by atoms with van der Waals surface area (Å²) >= 11 is 0. The summed E-state index contributed by atoms with van der Waals surface area (Å²) < 4.78 is 1.44. The van der Waals surface area contributed by atoms with Gasteiger partial charge in [0.1, 0.15) is 0 Å². The van der Waals surface area contributed by atoms with Gasteiger partial charge in [0.2, 0.25) is 0 Å². The molecule has 0 atom stereocenters. The molecule has 1 aromatic carbocycles. The lowest BCUT2D eigenvalue weighted by Crippen LogP contribution is -2.15. The number of H-pyrrole nitrogens is 1. The van der Waals surface area contributed by atoms with E-state index in [9.17, 15) is 14.9 Å². The van der Waals surface area contributed by atoms with Crippen LogP contribution < -0.4 is 5.69 Å². The van der Waals surface area contributed by atoms with Crippen LogP contribution in [0.15, 0.2) is 47.4 Å². The minimum atomic E-state index is -0.423. The molecule has 0 aliphatic heterocycles. The van der Waals surface area contributed by atoms with Crippen molar-refractivity contribution in [3.8, 4) is 11.1 Å². The summed E-state index contributed by atoms with van der Waals surface area (Å²) in [7, 11) is 0. The van der Waals surface area contributed by atoms with Crippen molar-refractivity contribution in [2.75, 3.05) is 0 Å². The molecule has 0 fully saturated rings. The molecular weight excluding hydrogens is 258 g/mol. The number of para-hydroxylation sites is 1. The summed E-state index contributed by atoms with van der Waals surface area (Å²) in [6.45, 7) is 1.79. The van der Waals surface area contributed by atoms with Crippen LogP contribution in [-0.4, -0.2) is 14.3 Å². The molecule has 0 saturated carbocycles. The van der Waals surface area contributed by atoms with Gasteiger partial charge < -0.3 is 4.98 Å². The molecule has 0 aliphatic carbocycles. The van der Waals surface area contributed by atoms with Crippen LogP contribution in [0.3, 0.4) is 0 Å². The highest BCUT2D eigenvalue weighted by Gasteiger charge is 2.16. The molecule has 3 rings (SSSR count). The Kier molecular flexibility index (Phi) is 2.64. The smallest absolute Gasteiger partial charge is 0.311 e. The van der Waals surface area contributed by atoms with E-state index >= 15 is 0 Å². The lowest BCUT2D eigenvalue weighted by atomic mass is 10.1. The molecule has 0 radical (unpaired) electrons. The van der Waals surface area contributed by atoms with E-state index < -0.39 is 4.92 Å². The number of aromatic nitrogens is 2. The van der Waals surface area contributed by atoms with Crippen LogP contribution in [0.4, 0.5) is 5.69 Å². The quantitative estimate of drug-likeness (QED) is 0.573. The summed E-state index contributed by atoms with van der Waals surface area (Å²) in [6, 6.07) is 10.1. The zero-order chi connectivity index (χ0) is 14.3. The average Bonchev–Trinajstić information content (AvgIpc) is 2.82. The maximum atomic E-state index is 11.8. The van der Waals surface area contributed by atoms with E-state index in [1.165, 1.54) is 10.5 Å². The van der Waals surface area contributed by atoms with Crippen molar-refractivity contribution in [3.63, 3.8) is 0 Å². The molecule has 2 aromatic heterocycles. The van der Waals surface area contributed by atoms with Crippen LogP contribution in [0.1, 0.15) is 5.69 Å². The third-order valence-corrected chi connectivity index (χ3v) is 3.15. The van der Waals surface area contributed by atoms with Crippen molar-refractivity contribution in [2.24, 2.45) is 0 Å². The Hall–Kier alpha value is -2.89. The summed E-state index contributed by atoms with van der Waals surface area (Å²) in [5.41, 5.74) is 2.36. The van der Waals surface area contributed by atoms with E-state index in [0.29, 0.717) is 16.6 Å². The topological polar surface area (TPSA) is 80.4 Å². The number of hydrogen-bond acceptors (Lipinski definition) is 3. The van der Waals surface area contributed by atoms with Crippen LogP contribution in [0.5, 0.6) is 0 Å². The lowest BCUT2D eigenvalue weighted by molar-refractivity contribution is -0.384. The number of benzene rings is 1. The van der Waals surface area contributed by atoms with E-state index in [1.807, 2.05) is 6.07 Å². The molecule has 0 amide bonds. The van der Waals surface area contributed by atoms with Crippen molar-refractivity contribution >= 4 is 11.2 Å². The molecule has 3 aromatic rings. The van der Waals surface area contributed by atoms with Gasteiger partial charge in [-0.15, -0.1) is 0 Å². The maximum Gasteiger partial charge on any atom is 0.330 e. The first-order valence-electron chi connectivity index (χ1n) is 6.02. The Bertz CT molecular complexity index is 877. The second-order valence-electron chi connectivity index (χ2n) is 4.56. The number of nitrogens with one attached hydrogen (secondary N) is 1. The molecule has 1 N–H and O–H groups in total. The van der Waals surface area contributed by atoms with Gasteiger partial charge in [0, 0.05) is 23.5 Å². The van der Waals surface area contributed by atoms with E-state index in [2.05, 4.69) is 4.98 Å². The van der Waals surface area contributed by atoms with Gasteiger partial charge in [-0.2, -0.15) is 0 Å². The fourth-order valence-corrected chi connectivity index (χ4v) is 2.28. The zero-order valence-electron chi connectivity index (χ0n) is 10.7. The third kappa shape index (κ3) is 1.87. The van der Waals surface area contributed by atoms with Crippen LogP contribution in [0.25, 0.3) is 16.6 Å². The van der Waals surface area contributed by atoms with E-state index in [0.717, 1.165) is 5.69 Å². The van der Waals surface area contributed by atoms with Crippen molar-refractivity contribution in [1.29, 1.82) is 0 Å². The molecule has 2 heterocycles. The second kappa shape index (κ2) is 4.34. The Morgan fingerprint density at radius 3 is 2.75 bits per heavy atom. The van der Waals surface area contributed by atoms with E-state index in [-0.39, 0.29) is 11.4 Å². The molecule has 0 unspecified atom stereocenters. The van der Waals surface area contributed by atoms with Gasteiger partial charge in [-0.3, -0.25) is 14.5 Å². The fourth-order valence-electron chi connectivity index (χ4n) is 2.28. The van der Waals surface area contributed by atoms with Gasteiger partial charge in [-0.1, -0.05) is 12.1 Å². The van der Waals surface area contributed by atoms with Crippen molar-refractivity contribution < 1.29 is 4.92 Å². The predicted molar refractivity (Wildman–Crippen MR) is 74.8 cm³/mol. The summed E-state index contributed by atoms with van der Waals surface area (Å²) in [6.07, 6.45) is 1.61. The highest BCUT2D eigenvalue weighted by molar-refractivity contribution is 5.77. The number of rotatable bonds is 2. The number of nitro groups is 1. The normalized spacial score (nSPS) is 10.8. The number of hydrogen-bond donors (Lipinski definition) is 1. The Morgan fingerprint density at radius 1 is 1.25 bits per heavy atom. The molecule has 0 spiro atoms. The number of aromatic amines is 1. The van der Waals surface area contributed by atoms with Crippen molar-refractivity contribution in [3.05, 3.63) is 68.9 Å². The molecule has 0 saturated heterocycles. The first-order valence-corrected chi connectivity index (χ1v) is 6.02. The molecule has 100 valence electrons. The van der Waals surface area contributed by atoms with Crippen molar-refractivity contribution in [2.45, 2.75) is 6.92 Å². The first-order chi connectivity index (χ1) is 9.56. The number of fused-ring (bicyclic) bond motifs is 1. The van der Waals surface area contributed by atoms with E-state index in [1.54, 1.807) is 37.4 Å². The molecule has 0 aliphatic rings. The highest BCUT2D eigenvalue weighted by Crippen LogP contribution is 2.30. The maximum absolute atomic E-state index is 11.8. The Morgan fingerprint density at radius 2 is 2.00 bits per heavy atom. The van der Waals surface area contributed by atoms with Gasteiger partial charge in [0.15, 0.2) is 0 Å². The Labute approximate surface area is 113 Å². The fraction of sp³-hybridized carbons (Fsp3) is 0.0714. The Balaban J connectivity index is 2.29. The second-order valence-corrected chi connectivity index (χ2v) is 4.56. The molecular formula is C14H11N3O3. The predicted octanol–water partition coefficient (Wildman–Crippen LogP) is 2.51. The van der Waals surface area contributed by atoms with Crippen LogP contribution in [0.2, 0.25) is 0 Å². The van der Waals surface area contributed by atoms with Gasteiger partial charge >= 0.3 is 5.69 Å². The van der Waals surface area contributed by atoms with Crippen LogP contribution in [0, 0.1) is 17.0 Å². The highest BCUT2D eigenvalue weighted by atomic mass is 16.6. The zero-order valence-corrected chi connectivity index (χ0v) is 10.7. The average molecular weight is 269 g/mol. The first kappa shape index (κ1) is 12.2. The number of nitro benzene ring substituents is 1. The minimum Gasteiger partial charge on any atom is -0.311 e. The summed E-state index contributed by atoms with van der Waals surface area (Å²) in [4.78, 5) is 25.2. The van der Waals surface area contributed by atoms with E-state index in [4.69, 9.17) is 0 Å². The molecule has 0 bridgehead atoms. The lowest BCUT2D eigenvalue weighted by Gasteiger charge is -1.98. The van der Waals surface area contributed by atoms with Crippen LogP contribution >= 0.6 is 0 Å². The van der Waals surface area contributed by atoms with Crippen LogP contribution in [-0.2, 0) is 0 Å². The number of nitrogens with zero attached hydrogens (tertiary/aromatic N) is 2. The van der Waals surface area contributed by atoms with Gasteiger partial charge in [-0.25, -0.2) is 4.79 Å². The monoisotopic (exact) mass is 269 g/mol. The molecule has 6 heteroatoms. The summed E-state index contributed by atoms with van der Waals surface area (Å²) in [5.74, 6) is 0. The summed E-state index contributed by atoms with van der Waals surface area (Å²) in [5, 5.41) is 11.1.